The predicted octanol–water partition coefficient (Wildman–Crippen LogP) is 2.98. The summed E-state index contributed by atoms with van der Waals surface area (Å²) in [5.41, 5.74) is 1.29. The first-order chi connectivity index (χ1) is 13.0. The standard InChI is InChI=1S/C19H18FN5O2/c1-11-7-8-13(14(20)9-11)18(26)25-12(2)19(27-3)24-10-21-23-17(24)15-5-4-6-16(25)22-15/h4-10,12,19H,1-3H3. The molecule has 0 radical (unpaired) electrons. The first-order valence-electron chi connectivity index (χ1n) is 8.50. The molecule has 1 amide bonds. The van der Waals surface area contributed by atoms with E-state index in [1.54, 1.807) is 42.9 Å². The van der Waals surface area contributed by atoms with Crippen LogP contribution >= 0.6 is 0 Å². The lowest BCUT2D eigenvalue weighted by Crippen LogP contribution is -2.46. The Labute approximate surface area is 155 Å². The topological polar surface area (TPSA) is 73.1 Å². The van der Waals surface area contributed by atoms with Crippen LogP contribution < -0.4 is 4.90 Å². The molecule has 1 aromatic carbocycles. The molecule has 1 aliphatic heterocycles. The number of ether oxygens (including phenoxy) is 1. The average Bonchev–Trinajstić information content (AvgIpc) is 3.11. The molecule has 0 N–H and O–H groups in total. The molecule has 3 aromatic rings. The molecule has 1 aliphatic rings. The number of aryl methyl sites for hydroxylation is 1. The molecule has 138 valence electrons. The molecule has 2 aromatic heterocycles. The van der Waals surface area contributed by atoms with Crippen molar-refractivity contribution in [2.45, 2.75) is 26.1 Å². The second-order valence-electron chi connectivity index (χ2n) is 6.47. The summed E-state index contributed by atoms with van der Waals surface area (Å²) in [7, 11) is 1.55. The molecule has 27 heavy (non-hydrogen) atoms. The highest BCUT2D eigenvalue weighted by Gasteiger charge is 2.35. The van der Waals surface area contributed by atoms with Gasteiger partial charge in [-0.25, -0.2) is 9.37 Å². The zero-order chi connectivity index (χ0) is 19.1. The molecule has 4 rings (SSSR count). The maximum absolute atomic E-state index is 14.5. The van der Waals surface area contributed by atoms with E-state index < -0.39 is 24.0 Å². The zero-order valence-electron chi connectivity index (χ0n) is 15.1. The summed E-state index contributed by atoms with van der Waals surface area (Å²) < 4.78 is 21.8. The van der Waals surface area contributed by atoms with E-state index in [-0.39, 0.29) is 5.56 Å². The summed E-state index contributed by atoms with van der Waals surface area (Å²) in [6, 6.07) is 9.33. The summed E-state index contributed by atoms with van der Waals surface area (Å²) >= 11 is 0. The number of nitrogens with zero attached hydrogens (tertiary/aromatic N) is 5. The van der Waals surface area contributed by atoms with Crippen LogP contribution in [0.2, 0.25) is 0 Å². The van der Waals surface area contributed by atoms with Gasteiger partial charge in [-0.2, -0.15) is 0 Å². The monoisotopic (exact) mass is 367 g/mol. The van der Waals surface area contributed by atoms with Crippen LogP contribution in [-0.2, 0) is 4.74 Å². The van der Waals surface area contributed by atoms with Gasteiger partial charge in [0.05, 0.1) is 11.6 Å². The fraction of sp³-hybridized carbons (Fsp3) is 0.263. The van der Waals surface area contributed by atoms with Gasteiger partial charge in [-0.3, -0.25) is 14.3 Å². The van der Waals surface area contributed by atoms with Gasteiger partial charge < -0.3 is 4.74 Å². The summed E-state index contributed by atoms with van der Waals surface area (Å²) in [4.78, 5) is 19.3. The summed E-state index contributed by atoms with van der Waals surface area (Å²) in [6.45, 7) is 3.59. The second-order valence-corrected chi connectivity index (χ2v) is 6.47. The SMILES string of the molecule is COC1C(C)N(C(=O)c2ccc(C)cc2F)c2cccc(n2)-c2nncn21. The van der Waals surface area contributed by atoms with Crippen molar-refractivity contribution in [3.05, 3.63) is 59.7 Å². The normalized spacial score (nSPS) is 18.6. The highest BCUT2D eigenvalue weighted by atomic mass is 19.1. The van der Waals surface area contributed by atoms with E-state index in [0.29, 0.717) is 17.3 Å². The highest BCUT2D eigenvalue weighted by Crippen LogP contribution is 2.32. The van der Waals surface area contributed by atoms with E-state index in [9.17, 15) is 9.18 Å². The molecule has 2 atom stereocenters. The molecular weight excluding hydrogens is 349 g/mol. The molecule has 2 unspecified atom stereocenters. The van der Waals surface area contributed by atoms with Crippen LogP contribution in [0.5, 0.6) is 0 Å². The van der Waals surface area contributed by atoms with E-state index >= 15 is 0 Å². The zero-order valence-corrected chi connectivity index (χ0v) is 15.1. The van der Waals surface area contributed by atoms with Gasteiger partial charge in [-0.05, 0) is 43.7 Å². The Morgan fingerprint density at radius 3 is 2.81 bits per heavy atom. The maximum atomic E-state index is 14.5. The fourth-order valence-electron chi connectivity index (χ4n) is 3.39. The van der Waals surface area contributed by atoms with Crippen molar-refractivity contribution in [3.63, 3.8) is 0 Å². The molecule has 0 aliphatic carbocycles. The summed E-state index contributed by atoms with van der Waals surface area (Å²) in [5, 5.41) is 8.08. The van der Waals surface area contributed by atoms with Crippen LogP contribution in [0.1, 0.15) is 29.1 Å². The third-order valence-electron chi connectivity index (χ3n) is 4.69. The van der Waals surface area contributed by atoms with Gasteiger partial charge in [0.15, 0.2) is 12.1 Å². The Balaban J connectivity index is 1.88. The van der Waals surface area contributed by atoms with Crippen molar-refractivity contribution in [1.29, 1.82) is 0 Å². The summed E-state index contributed by atoms with van der Waals surface area (Å²) in [6.07, 6.45) is 0.974. The quantitative estimate of drug-likeness (QED) is 0.696. The smallest absolute Gasteiger partial charge is 0.262 e. The van der Waals surface area contributed by atoms with E-state index in [0.717, 1.165) is 5.56 Å². The van der Waals surface area contributed by atoms with Crippen molar-refractivity contribution < 1.29 is 13.9 Å². The second kappa shape index (κ2) is 6.55. The number of benzene rings is 1. The van der Waals surface area contributed by atoms with Crippen LogP contribution in [0.3, 0.4) is 0 Å². The number of halogens is 1. The largest absolute Gasteiger partial charge is 0.359 e. The lowest BCUT2D eigenvalue weighted by molar-refractivity contribution is 0.0243. The Kier molecular flexibility index (Phi) is 4.19. The minimum atomic E-state index is -0.565. The number of hydrogen-bond acceptors (Lipinski definition) is 5. The van der Waals surface area contributed by atoms with Crippen LogP contribution in [-0.4, -0.2) is 38.8 Å². The van der Waals surface area contributed by atoms with Crippen molar-refractivity contribution in [1.82, 2.24) is 19.7 Å². The molecule has 0 spiro atoms. The molecule has 0 fully saturated rings. The van der Waals surface area contributed by atoms with Gasteiger partial charge in [0, 0.05) is 7.11 Å². The molecule has 7 nitrogen and oxygen atoms in total. The van der Waals surface area contributed by atoms with Gasteiger partial charge in [-0.1, -0.05) is 12.1 Å². The molecular formula is C19H18FN5O2. The molecule has 3 heterocycles. The van der Waals surface area contributed by atoms with Crippen molar-refractivity contribution in [2.24, 2.45) is 0 Å². The Morgan fingerprint density at radius 2 is 2.07 bits per heavy atom. The number of hydrogen-bond donors (Lipinski definition) is 0. The van der Waals surface area contributed by atoms with Gasteiger partial charge in [0.25, 0.3) is 5.91 Å². The van der Waals surface area contributed by atoms with Gasteiger partial charge >= 0.3 is 0 Å². The number of rotatable bonds is 2. The minimum Gasteiger partial charge on any atom is -0.359 e. The number of amides is 1. The number of pyridine rings is 1. The van der Waals surface area contributed by atoms with Gasteiger partial charge in [-0.15, -0.1) is 10.2 Å². The van der Waals surface area contributed by atoms with Crippen molar-refractivity contribution in [3.8, 4) is 11.5 Å². The number of methoxy groups -OCH3 is 1. The molecule has 2 bridgehead atoms. The van der Waals surface area contributed by atoms with Gasteiger partial charge in [0.2, 0.25) is 0 Å². The third-order valence-corrected chi connectivity index (χ3v) is 4.69. The van der Waals surface area contributed by atoms with Crippen LogP contribution in [0.4, 0.5) is 10.2 Å². The van der Waals surface area contributed by atoms with Crippen LogP contribution in [0.25, 0.3) is 11.5 Å². The number of aromatic nitrogens is 4. The average molecular weight is 367 g/mol. The third kappa shape index (κ3) is 2.78. The van der Waals surface area contributed by atoms with E-state index in [1.807, 2.05) is 6.92 Å². The van der Waals surface area contributed by atoms with Crippen molar-refractivity contribution >= 4 is 11.7 Å². The lowest BCUT2D eigenvalue weighted by Gasteiger charge is -2.35. The Bertz CT molecular complexity index is 1020. The number of carbonyl (C=O) groups is 1. The van der Waals surface area contributed by atoms with Crippen molar-refractivity contribution in [2.75, 3.05) is 12.0 Å². The lowest BCUT2D eigenvalue weighted by atomic mass is 10.1. The molecule has 8 heteroatoms. The number of anilines is 1. The fourth-order valence-corrected chi connectivity index (χ4v) is 3.39. The molecule has 0 saturated carbocycles. The first kappa shape index (κ1) is 17.3. The van der Waals surface area contributed by atoms with Gasteiger partial charge in [0.1, 0.15) is 23.7 Å². The van der Waals surface area contributed by atoms with E-state index in [2.05, 4.69) is 15.2 Å². The maximum Gasteiger partial charge on any atom is 0.262 e. The summed E-state index contributed by atoms with van der Waals surface area (Å²) in [5.74, 6) is -0.0990. The highest BCUT2D eigenvalue weighted by molar-refractivity contribution is 6.06. The first-order valence-corrected chi connectivity index (χ1v) is 8.50. The molecule has 0 saturated heterocycles. The number of fused-ring (bicyclic) bond motifs is 4. The number of carbonyl (C=O) groups excluding carboxylic acids is 1. The van der Waals surface area contributed by atoms with E-state index in [4.69, 9.17) is 4.74 Å². The Morgan fingerprint density at radius 1 is 1.26 bits per heavy atom. The van der Waals surface area contributed by atoms with E-state index in [1.165, 1.54) is 23.4 Å². The van der Waals surface area contributed by atoms with Crippen LogP contribution in [0, 0.1) is 12.7 Å². The van der Waals surface area contributed by atoms with Crippen LogP contribution in [0.15, 0.2) is 42.7 Å². The minimum absolute atomic E-state index is 0.0148. The predicted molar refractivity (Wildman–Crippen MR) is 96.7 cm³/mol. The Hall–Kier alpha value is -3.13.